The zero-order valence-electron chi connectivity index (χ0n) is 26.7. The molecule has 2 heterocycles. The van der Waals surface area contributed by atoms with Crippen LogP contribution in [0.15, 0.2) is 5.16 Å². The number of aliphatic hydroxyl groups excluding tert-OH is 1. The lowest BCUT2D eigenvalue weighted by Crippen LogP contribution is -2.47. The largest absolute Gasteiger partial charge is 0.393 e. The third kappa shape index (κ3) is 10.9. The van der Waals surface area contributed by atoms with Gasteiger partial charge in [-0.25, -0.2) is 0 Å². The Hall–Kier alpha value is -1.98. The number of amides is 2. The monoisotopic (exact) mass is 611 g/mol. The second-order valence-electron chi connectivity index (χ2n) is 13.1. The van der Waals surface area contributed by atoms with Gasteiger partial charge < -0.3 is 25.3 Å². The Morgan fingerprint density at radius 2 is 1.69 bits per heavy atom. The summed E-state index contributed by atoms with van der Waals surface area (Å²) in [6, 6.07) is -0.742. The molecule has 2 aliphatic rings. The number of ketones is 2. The van der Waals surface area contributed by atoms with Crippen LogP contribution in [0.25, 0.3) is 0 Å². The third-order valence-corrected chi connectivity index (χ3v) is 8.75. The normalized spacial score (nSPS) is 21.8. The molecule has 2 aliphatic heterocycles. The number of hydrogen-bond acceptors (Lipinski definition) is 9. The summed E-state index contributed by atoms with van der Waals surface area (Å²) in [5, 5.41) is 20.9. The van der Waals surface area contributed by atoms with Crippen molar-refractivity contribution in [3.05, 3.63) is 0 Å². The molecule has 0 aromatic rings. The van der Waals surface area contributed by atoms with Gasteiger partial charge in [-0.1, -0.05) is 53.6 Å². The van der Waals surface area contributed by atoms with Gasteiger partial charge in [0.25, 0.3) is 5.91 Å². The Morgan fingerprint density at radius 3 is 2.29 bits per heavy atom. The highest BCUT2D eigenvalue weighted by molar-refractivity contribution is 7.98. The van der Waals surface area contributed by atoms with Crippen molar-refractivity contribution in [2.75, 3.05) is 25.2 Å². The van der Waals surface area contributed by atoms with Crippen molar-refractivity contribution in [2.24, 2.45) is 46.6 Å². The van der Waals surface area contributed by atoms with Crippen LogP contribution in [0.1, 0.15) is 80.6 Å². The highest BCUT2D eigenvalue weighted by Gasteiger charge is 2.43. The summed E-state index contributed by atoms with van der Waals surface area (Å²) < 4.78 is 5.43. The van der Waals surface area contributed by atoms with Gasteiger partial charge in [0.1, 0.15) is 5.78 Å². The smallest absolute Gasteiger partial charge is 0.270 e. The van der Waals surface area contributed by atoms with Crippen molar-refractivity contribution in [1.82, 2.24) is 10.6 Å². The van der Waals surface area contributed by atoms with Crippen molar-refractivity contribution in [1.29, 1.82) is 0 Å². The van der Waals surface area contributed by atoms with Gasteiger partial charge in [0.15, 0.2) is 11.5 Å². The Labute approximate surface area is 255 Å². The lowest BCUT2D eigenvalue weighted by molar-refractivity contribution is -0.133. The first-order valence-electron chi connectivity index (χ1n) is 15.4. The average molecular weight is 612 g/mol. The van der Waals surface area contributed by atoms with Gasteiger partial charge in [-0.15, -0.1) is 0 Å². The van der Waals surface area contributed by atoms with Gasteiger partial charge in [-0.3, -0.25) is 19.2 Å². The minimum absolute atomic E-state index is 0.00182. The molecule has 2 rings (SSSR count). The number of fused-ring (bicyclic) bond motifs is 1. The van der Waals surface area contributed by atoms with E-state index in [4.69, 9.17) is 9.57 Å². The summed E-state index contributed by atoms with van der Waals surface area (Å²) in [7, 11) is 0. The predicted octanol–water partition coefficient (Wildman–Crippen LogP) is 3.60. The number of rotatable bonds is 19. The van der Waals surface area contributed by atoms with Crippen LogP contribution in [0.2, 0.25) is 0 Å². The van der Waals surface area contributed by atoms with Crippen LogP contribution in [-0.2, 0) is 28.8 Å². The number of carbonyl (C=O) groups is 4. The Bertz CT molecular complexity index is 955. The molecule has 1 saturated heterocycles. The van der Waals surface area contributed by atoms with E-state index < -0.39 is 36.2 Å². The van der Waals surface area contributed by atoms with Crippen LogP contribution in [0, 0.1) is 41.4 Å². The SMILES string of the molecule is CSC[C@H](NC(=O)C1=NO[C@H]2OCC[C@@H]12)C(=O)C[C@@H](CC(C)C)C(O)CC(C)C(=O)C[C@H](C(=O)NCC(C)C)C(C)C. The van der Waals surface area contributed by atoms with Gasteiger partial charge in [0.2, 0.25) is 12.2 Å². The zero-order chi connectivity index (χ0) is 31.6. The number of thioether (sulfide) groups is 1. The Morgan fingerprint density at radius 1 is 1.00 bits per heavy atom. The lowest BCUT2D eigenvalue weighted by atomic mass is 9.80. The number of aliphatic hydroxyl groups is 1. The lowest BCUT2D eigenvalue weighted by Gasteiger charge is -2.28. The fourth-order valence-electron chi connectivity index (χ4n) is 5.49. The van der Waals surface area contributed by atoms with Crippen LogP contribution in [0.5, 0.6) is 0 Å². The van der Waals surface area contributed by atoms with Gasteiger partial charge >= 0.3 is 0 Å². The molecule has 7 atom stereocenters. The van der Waals surface area contributed by atoms with Crippen LogP contribution >= 0.6 is 11.8 Å². The van der Waals surface area contributed by atoms with Crippen LogP contribution in [0.3, 0.4) is 0 Å². The first kappa shape index (κ1) is 36.2. The molecule has 0 saturated carbocycles. The van der Waals surface area contributed by atoms with E-state index in [0.717, 1.165) is 0 Å². The molecule has 2 amide bonds. The molecule has 0 bridgehead atoms. The second kappa shape index (κ2) is 17.3. The van der Waals surface area contributed by atoms with Gasteiger partial charge in [-0.2, -0.15) is 11.8 Å². The highest BCUT2D eigenvalue weighted by atomic mass is 32.2. The van der Waals surface area contributed by atoms with Crippen LogP contribution in [0.4, 0.5) is 0 Å². The summed E-state index contributed by atoms with van der Waals surface area (Å²) in [6.45, 7) is 14.8. The number of nitrogens with zero attached hydrogens (tertiary/aromatic N) is 1. The summed E-state index contributed by atoms with van der Waals surface area (Å²) >= 11 is 1.45. The molecule has 42 heavy (non-hydrogen) atoms. The van der Waals surface area contributed by atoms with Gasteiger partial charge in [-0.05, 0) is 49.2 Å². The van der Waals surface area contributed by atoms with E-state index in [1.807, 2.05) is 47.8 Å². The molecule has 1 fully saturated rings. The Kier molecular flexibility index (Phi) is 15.0. The first-order chi connectivity index (χ1) is 19.7. The quantitative estimate of drug-likeness (QED) is 0.201. The van der Waals surface area contributed by atoms with E-state index in [2.05, 4.69) is 15.8 Å². The van der Waals surface area contributed by atoms with Crippen molar-refractivity contribution in [3.63, 3.8) is 0 Å². The molecule has 0 aromatic carbocycles. The molecular formula is C31H53N3O7S. The standard InChI is InChI=1S/C31H53N3O7S/c1-17(2)11-21(26(36)12-20(7)25(35)14-23(19(5)6)29(38)32-15-18(3)4)13-27(37)24(16-42-8)33-30(39)28-22-9-10-40-31(22)41-34-28/h17-24,26,31,36H,9-16H2,1-8H3,(H,32,38)(H,33,39)/t20?,21-,22+,23+,24+,26?,31-/m1/s1. The molecule has 10 nitrogen and oxygen atoms in total. The molecule has 240 valence electrons. The maximum absolute atomic E-state index is 13.5. The minimum atomic E-state index is -0.878. The molecular weight excluding hydrogens is 558 g/mol. The molecule has 0 aliphatic carbocycles. The maximum atomic E-state index is 13.5. The summed E-state index contributed by atoms with van der Waals surface area (Å²) in [4.78, 5) is 57.6. The molecule has 0 aromatic heterocycles. The average Bonchev–Trinajstić information content (AvgIpc) is 3.53. The van der Waals surface area contributed by atoms with Crippen LogP contribution < -0.4 is 10.6 Å². The fraction of sp³-hybridized carbons (Fsp3) is 0.839. The number of oxime groups is 1. The third-order valence-electron chi connectivity index (χ3n) is 8.08. The Balaban J connectivity index is 2.03. The topological polar surface area (TPSA) is 143 Å². The number of ether oxygens (including phenoxy) is 1. The number of carbonyl (C=O) groups excluding carboxylic acids is 4. The number of nitrogens with one attached hydrogen (secondary N) is 2. The van der Waals surface area contributed by atoms with Crippen molar-refractivity contribution in [2.45, 2.75) is 99.0 Å². The number of Topliss-reactive ketones (excluding diaryl/α,β-unsaturated/α-hetero) is 2. The molecule has 3 N–H and O–H groups in total. The van der Waals surface area contributed by atoms with Crippen molar-refractivity contribution < 1.29 is 33.9 Å². The summed E-state index contributed by atoms with van der Waals surface area (Å²) in [5.41, 5.74) is 0.250. The van der Waals surface area contributed by atoms with E-state index in [1.165, 1.54) is 11.8 Å². The highest BCUT2D eigenvalue weighted by Crippen LogP contribution is 2.30. The van der Waals surface area contributed by atoms with Crippen LogP contribution in [-0.4, -0.2) is 77.8 Å². The molecule has 0 radical (unpaired) electrons. The van der Waals surface area contributed by atoms with E-state index in [0.29, 0.717) is 37.7 Å². The second-order valence-corrected chi connectivity index (χ2v) is 14.0. The summed E-state index contributed by atoms with van der Waals surface area (Å²) in [5.74, 6) is -1.36. The van der Waals surface area contributed by atoms with E-state index >= 15 is 0 Å². The summed E-state index contributed by atoms with van der Waals surface area (Å²) in [6.07, 6.45) is 2.09. The molecule has 0 spiro atoms. The predicted molar refractivity (Wildman–Crippen MR) is 165 cm³/mol. The molecule has 2 unspecified atom stereocenters. The van der Waals surface area contributed by atoms with Gasteiger partial charge in [0, 0.05) is 37.0 Å². The van der Waals surface area contributed by atoms with E-state index in [1.54, 1.807) is 6.92 Å². The first-order valence-corrected chi connectivity index (χ1v) is 16.8. The maximum Gasteiger partial charge on any atom is 0.270 e. The zero-order valence-corrected chi connectivity index (χ0v) is 27.5. The van der Waals surface area contributed by atoms with Crippen molar-refractivity contribution in [3.8, 4) is 0 Å². The van der Waals surface area contributed by atoms with Crippen molar-refractivity contribution >= 4 is 40.9 Å². The molecule has 11 heteroatoms. The number of hydrogen-bond donors (Lipinski definition) is 3. The fourth-order valence-corrected chi connectivity index (χ4v) is 6.09. The minimum Gasteiger partial charge on any atom is -0.393 e. The van der Waals surface area contributed by atoms with E-state index in [9.17, 15) is 24.3 Å². The van der Waals surface area contributed by atoms with Gasteiger partial charge in [0.05, 0.1) is 24.7 Å². The van der Waals surface area contributed by atoms with E-state index in [-0.39, 0.29) is 66.1 Å².